The van der Waals surface area contributed by atoms with E-state index in [1.807, 2.05) is 12.3 Å². The van der Waals surface area contributed by atoms with E-state index in [-0.39, 0.29) is 5.91 Å². The maximum absolute atomic E-state index is 12.0. The molecule has 0 saturated heterocycles. The zero-order chi connectivity index (χ0) is 13.9. The van der Waals surface area contributed by atoms with E-state index in [1.54, 1.807) is 35.4 Å². The minimum absolute atomic E-state index is 0.218. The van der Waals surface area contributed by atoms with Gasteiger partial charge < -0.3 is 0 Å². The molecule has 3 rings (SSSR count). The first kappa shape index (κ1) is 12.5. The molecule has 1 amide bonds. The molecule has 0 aliphatic carbocycles. The van der Waals surface area contributed by atoms with Crippen molar-refractivity contribution in [2.24, 2.45) is 0 Å². The molecule has 0 unspecified atom stereocenters. The van der Waals surface area contributed by atoms with Crippen molar-refractivity contribution in [2.45, 2.75) is 6.92 Å². The maximum Gasteiger partial charge on any atom is 0.259 e. The van der Waals surface area contributed by atoms with Gasteiger partial charge in [-0.2, -0.15) is 0 Å². The fourth-order valence-corrected chi connectivity index (χ4v) is 2.33. The zero-order valence-electron chi connectivity index (χ0n) is 10.6. The van der Waals surface area contributed by atoms with Crippen molar-refractivity contribution in [1.29, 1.82) is 0 Å². The molecule has 6 nitrogen and oxygen atoms in total. The number of carbonyl (C=O) groups excluding carboxylic acids is 1. The van der Waals surface area contributed by atoms with Gasteiger partial charge in [-0.1, -0.05) is 0 Å². The van der Waals surface area contributed by atoms with Crippen LogP contribution in [0.3, 0.4) is 0 Å². The fourth-order valence-electron chi connectivity index (χ4n) is 1.65. The molecule has 3 heterocycles. The molecular formula is C13H11N5OS. The lowest BCUT2D eigenvalue weighted by atomic mass is 10.2. The Morgan fingerprint density at radius 2 is 2.30 bits per heavy atom. The highest BCUT2D eigenvalue weighted by molar-refractivity contribution is 7.13. The van der Waals surface area contributed by atoms with Gasteiger partial charge in [-0.25, -0.2) is 15.0 Å². The summed E-state index contributed by atoms with van der Waals surface area (Å²) in [5.74, 6) is 0.494. The Hall–Kier alpha value is -2.54. The van der Waals surface area contributed by atoms with Crippen molar-refractivity contribution in [3.63, 3.8) is 0 Å². The van der Waals surface area contributed by atoms with Crippen LogP contribution in [0.25, 0.3) is 5.82 Å². The van der Waals surface area contributed by atoms with Crippen LogP contribution in [-0.4, -0.2) is 25.4 Å². The summed E-state index contributed by atoms with van der Waals surface area (Å²) in [5.41, 5.74) is 1.38. The lowest BCUT2D eigenvalue weighted by molar-refractivity contribution is 0.102. The second kappa shape index (κ2) is 5.22. The van der Waals surface area contributed by atoms with Crippen molar-refractivity contribution < 1.29 is 4.79 Å². The normalized spacial score (nSPS) is 10.4. The molecule has 0 atom stereocenters. The molecule has 0 aliphatic rings. The molecular weight excluding hydrogens is 274 g/mol. The smallest absolute Gasteiger partial charge is 0.259 e. The number of amides is 1. The first-order chi connectivity index (χ1) is 9.72. The van der Waals surface area contributed by atoms with Gasteiger partial charge in [0.25, 0.3) is 5.91 Å². The van der Waals surface area contributed by atoms with E-state index in [4.69, 9.17) is 0 Å². The van der Waals surface area contributed by atoms with E-state index < -0.39 is 0 Å². The Morgan fingerprint density at radius 1 is 1.40 bits per heavy atom. The van der Waals surface area contributed by atoms with Crippen LogP contribution >= 0.6 is 11.3 Å². The number of thiazole rings is 1. The average Bonchev–Trinajstić information content (AvgIpc) is 3.11. The summed E-state index contributed by atoms with van der Waals surface area (Å²) < 4.78 is 1.77. The largest absolute Gasteiger partial charge is 0.298 e. The molecule has 0 saturated carbocycles. The maximum atomic E-state index is 12.0. The molecule has 0 bridgehead atoms. The SMILES string of the molecule is Cc1csc(NC(=O)c2ccc(-n3ccnc3)nc2)n1. The second-order valence-electron chi connectivity index (χ2n) is 4.12. The van der Waals surface area contributed by atoms with Crippen LogP contribution in [0.5, 0.6) is 0 Å². The molecule has 7 heteroatoms. The minimum Gasteiger partial charge on any atom is -0.298 e. The van der Waals surface area contributed by atoms with Crippen LogP contribution in [0.4, 0.5) is 5.13 Å². The van der Waals surface area contributed by atoms with Crippen LogP contribution in [0.15, 0.2) is 42.4 Å². The predicted molar refractivity (Wildman–Crippen MR) is 76.2 cm³/mol. The summed E-state index contributed by atoms with van der Waals surface area (Å²) >= 11 is 1.40. The molecule has 0 radical (unpaired) electrons. The monoisotopic (exact) mass is 285 g/mol. The van der Waals surface area contributed by atoms with E-state index in [1.165, 1.54) is 17.5 Å². The Morgan fingerprint density at radius 3 is 2.90 bits per heavy atom. The minimum atomic E-state index is -0.218. The van der Waals surface area contributed by atoms with Crippen LogP contribution in [0.2, 0.25) is 0 Å². The van der Waals surface area contributed by atoms with Gasteiger partial charge in [0.05, 0.1) is 11.3 Å². The van der Waals surface area contributed by atoms with Gasteiger partial charge in [-0.05, 0) is 19.1 Å². The zero-order valence-corrected chi connectivity index (χ0v) is 11.5. The molecule has 3 aromatic rings. The average molecular weight is 285 g/mol. The van der Waals surface area contributed by atoms with Crippen molar-refractivity contribution in [1.82, 2.24) is 19.5 Å². The van der Waals surface area contributed by atoms with Gasteiger partial charge in [0.15, 0.2) is 5.13 Å². The van der Waals surface area contributed by atoms with Crippen LogP contribution < -0.4 is 5.32 Å². The van der Waals surface area contributed by atoms with Crippen molar-refractivity contribution in [3.8, 4) is 5.82 Å². The molecule has 20 heavy (non-hydrogen) atoms. The van der Waals surface area contributed by atoms with Crippen LogP contribution in [0, 0.1) is 6.92 Å². The summed E-state index contributed by atoms with van der Waals surface area (Å²) in [6.07, 6.45) is 6.65. The first-order valence-corrected chi connectivity index (χ1v) is 6.78. The number of anilines is 1. The molecule has 3 aromatic heterocycles. The number of nitrogens with zero attached hydrogens (tertiary/aromatic N) is 4. The van der Waals surface area contributed by atoms with Gasteiger partial charge in [0, 0.05) is 24.0 Å². The molecule has 0 aromatic carbocycles. The summed E-state index contributed by atoms with van der Waals surface area (Å²) in [4.78, 5) is 24.4. The van der Waals surface area contributed by atoms with Crippen LogP contribution in [0.1, 0.15) is 16.1 Å². The lowest BCUT2D eigenvalue weighted by Gasteiger charge is -2.03. The highest BCUT2D eigenvalue weighted by Crippen LogP contribution is 2.15. The first-order valence-electron chi connectivity index (χ1n) is 5.90. The number of hydrogen-bond donors (Lipinski definition) is 1. The topological polar surface area (TPSA) is 72.7 Å². The highest BCUT2D eigenvalue weighted by atomic mass is 32.1. The Balaban J connectivity index is 1.75. The number of hydrogen-bond acceptors (Lipinski definition) is 5. The quantitative estimate of drug-likeness (QED) is 0.801. The predicted octanol–water partition coefficient (Wildman–Crippen LogP) is 2.28. The van der Waals surface area contributed by atoms with Gasteiger partial charge in [-0.15, -0.1) is 11.3 Å². The molecule has 0 spiro atoms. The van der Waals surface area contributed by atoms with Gasteiger partial charge in [0.2, 0.25) is 0 Å². The highest BCUT2D eigenvalue weighted by Gasteiger charge is 2.09. The number of aryl methyl sites for hydroxylation is 1. The van der Waals surface area contributed by atoms with Crippen molar-refractivity contribution in [3.05, 3.63) is 53.7 Å². The Labute approximate surface area is 119 Å². The molecule has 0 fully saturated rings. The second-order valence-corrected chi connectivity index (χ2v) is 4.98. The third-order valence-electron chi connectivity index (χ3n) is 2.62. The molecule has 1 N–H and O–H groups in total. The molecule has 100 valence electrons. The Bertz CT molecular complexity index is 718. The summed E-state index contributed by atoms with van der Waals surface area (Å²) in [6, 6.07) is 3.49. The fraction of sp³-hybridized carbons (Fsp3) is 0.0769. The lowest BCUT2D eigenvalue weighted by Crippen LogP contribution is -2.12. The summed E-state index contributed by atoms with van der Waals surface area (Å²) in [7, 11) is 0. The van der Waals surface area contributed by atoms with Gasteiger partial charge in [-0.3, -0.25) is 14.7 Å². The summed E-state index contributed by atoms with van der Waals surface area (Å²) in [5, 5.41) is 5.22. The Kier molecular flexibility index (Phi) is 3.26. The van der Waals surface area contributed by atoms with Gasteiger partial charge >= 0.3 is 0 Å². The molecule has 0 aliphatic heterocycles. The third-order valence-corrected chi connectivity index (χ3v) is 3.49. The van der Waals surface area contributed by atoms with Crippen molar-refractivity contribution >= 4 is 22.4 Å². The number of aromatic nitrogens is 4. The number of imidazole rings is 1. The number of carbonyl (C=O) groups is 1. The van der Waals surface area contributed by atoms with E-state index in [9.17, 15) is 4.79 Å². The van der Waals surface area contributed by atoms with Crippen LogP contribution in [-0.2, 0) is 0 Å². The third kappa shape index (κ3) is 2.57. The standard InChI is InChI=1S/C13H11N5OS/c1-9-7-20-13(16-9)17-12(19)10-2-3-11(15-6-10)18-5-4-14-8-18/h2-8H,1H3,(H,16,17,19). The van der Waals surface area contributed by atoms with Crippen molar-refractivity contribution in [2.75, 3.05) is 5.32 Å². The number of rotatable bonds is 3. The van der Waals surface area contributed by atoms with E-state index in [2.05, 4.69) is 20.3 Å². The summed E-state index contributed by atoms with van der Waals surface area (Å²) in [6.45, 7) is 1.88. The van der Waals surface area contributed by atoms with E-state index >= 15 is 0 Å². The van der Waals surface area contributed by atoms with E-state index in [0.29, 0.717) is 16.5 Å². The number of nitrogens with one attached hydrogen (secondary N) is 1. The number of pyridine rings is 1. The van der Waals surface area contributed by atoms with E-state index in [0.717, 1.165) is 5.69 Å². The van der Waals surface area contributed by atoms with Gasteiger partial charge in [0.1, 0.15) is 12.1 Å².